The van der Waals surface area contributed by atoms with Gasteiger partial charge in [0.15, 0.2) is 0 Å². The Bertz CT molecular complexity index is 882. The lowest BCUT2D eigenvalue weighted by molar-refractivity contribution is -0.138. The molecule has 3 rings (SSSR count). The van der Waals surface area contributed by atoms with E-state index in [9.17, 15) is 27.5 Å². The second-order valence-corrected chi connectivity index (χ2v) is 7.93. The first-order valence-electron chi connectivity index (χ1n) is 10.00. The minimum absolute atomic E-state index is 0.0124. The maximum absolute atomic E-state index is 13.4. The van der Waals surface area contributed by atoms with Crippen LogP contribution in [0.25, 0.3) is 0 Å². The molecule has 162 valence electrons. The number of carbonyl (C=O) groups excluding carboxylic acids is 1. The van der Waals surface area contributed by atoms with Crippen molar-refractivity contribution < 1.29 is 27.5 Å². The van der Waals surface area contributed by atoms with E-state index in [1.807, 2.05) is 0 Å². The highest BCUT2D eigenvalue weighted by molar-refractivity contribution is 5.79. The Kier molecular flexibility index (Phi) is 6.50. The predicted octanol–water partition coefficient (Wildman–Crippen LogP) is 5.24. The molecule has 1 heterocycles. The monoisotopic (exact) mass is 423 g/mol. The zero-order valence-electron chi connectivity index (χ0n) is 16.8. The molecule has 1 fully saturated rings. The number of hydrogen-bond acceptors (Lipinski definition) is 2. The molecular weight excluding hydrogens is 398 g/mol. The number of aliphatic hydroxyl groups is 1. The normalized spacial score (nSPS) is 21.0. The molecule has 1 unspecified atom stereocenters. The molecule has 2 aromatic carbocycles. The Morgan fingerprint density at radius 3 is 2.47 bits per heavy atom. The molecule has 7 heteroatoms. The summed E-state index contributed by atoms with van der Waals surface area (Å²) in [4.78, 5) is 14.7. The van der Waals surface area contributed by atoms with Gasteiger partial charge in [-0.3, -0.25) is 4.79 Å². The summed E-state index contributed by atoms with van der Waals surface area (Å²) in [5, 5.41) is 9.30. The quantitative estimate of drug-likeness (QED) is 0.646. The van der Waals surface area contributed by atoms with Crippen molar-refractivity contribution in [1.82, 2.24) is 4.90 Å². The van der Waals surface area contributed by atoms with Crippen molar-refractivity contribution in [2.45, 2.75) is 50.2 Å². The fourth-order valence-electron chi connectivity index (χ4n) is 4.33. The van der Waals surface area contributed by atoms with E-state index in [2.05, 4.69) is 0 Å². The third kappa shape index (κ3) is 4.67. The van der Waals surface area contributed by atoms with Crippen molar-refractivity contribution in [3.05, 3.63) is 71.0 Å². The zero-order valence-corrected chi connectivity index (χ0v) is 16.8. The van der Waals surface area contributed by atoms with Crippen molar-refractivity contribution in [2.24, 2.45) is 0 Å². The Labute approximate surface area is 173 Å². The maximum Gasteiger partial charge on any atom is 0.416 e. The van der Waals surface area contributed by atoms with Crippen LogP contribution in [0.4, 0.5) is 17.6 Å². The Morgan fingerprint density at radius 2 is 1.87 bits per heavy atom. The van der Waals surface area contributed by atoms with Gasteiger partial charge in [0.2, 0.25) is 5.91 Å². The smallest absolute Gasteiger partial charge is 0.396 e. The van der Waals surface area contributed by atoms with Crippen LogP contribution < -0.4 is 0 Å². The first-order valence-corrected chi connectivity index (χ1v) is 10.00. The van der Waals surface area contributed by atoms with E-state index >= 15 is 0 Å². The fourth-order valence-corrected chi connectivity index (χ4v) is 4.33. The molecule has 0 radical (unpaired) electrons. The number of rotatable bonds is 6. The van der Waals surface area contributed by atoms with Crippen LogP contribution in [0.1, 0.15) is 55.3 Å². The average molecular weight is 423 g/mol. The van der Waals surface area contributed by atoms with Crippen LogP contribution in [-0.2, 0) is 16.4 Å². The topological polar surface area (TPSA) is 40.5 Å². The van der Waals surface area contributed by atoms with Crippen LogP contribution in [0.2, 0.25) is 0 Å². The van der Waals surface area contributed by atoms with Gasteiger partial charge in [-0.2, -0.15) is 13.2 Å². The minimum atomic E-state index is -4.44. The number of piperidine rings is 1. The van der Waals surface area contributed by atoms with Gasteiger partial charge in [0.25, 0.3) is 0 Å². The van der Waals surface area contributed by atoms with Crippen molar-refractivity contribution in [3.8, 4) is 0 Å². The maximum atomic E-state index is 13.4. The third-order valence-corrected chi connectivity index (χ3v) is 6.08. The highest BCUT2D eigenvalue weighted by atomic mass is 19.4. The Hall–Kier alpha value is -2.41. The summed E-state index contributed by atoms with van der Waals surface area (Å²) < 4.78 is 52.6. The largest absolute Gasteiger partial charge is 0.416 e. The van der Waals surface area contributed by atoms with Gasteiger partial charge in [-0.1, -0.05) is 24.3 Å². The number of carbonyl (C=O) groups is 1. The molecular formula is C23H25F4NO2. The van der Waals surface area contributed by atoms with Crippen molar-refractivity contribution in [2.75, 3.05) is 13.2 Å². The SMILES string of the molecule is C[C@@H](c1cccc(C(F)(F)F)c1)N1CCC(CCCO)(c2ccc(F)cc2)CC1=O. The Balaban J connectivity index is 1.83. The summed E-state index contributed by atoms with van der Waals surface area (Å²) >= 11 is 0. The van der Waals surface area contributed by atoms with Crippen LogP contribution >= 0.6 is 0 Å². The number of halogens is 4. The van der Waals surface area contributed by atoms with E-state index in [0.29, 0.717) is 31.4 Å². The molecule has 1 N–H and O–H groups in total. The average Bonchev–Trinajstić information content (AvgIpc) is 2.72. The number of alkyl halides is 3. The second kappa shape index (κ2) is 8.76. The number of benzene rings is 2. The van der Waals surface area contributed by atoms with Gasteiger partial charge in [-0.05, 0) is 61.6 Å². The van der Waals surface area contributed by atoms with Crippen molar-refractivity contribution in [1.29, 1.82) is 0 Å². The van der Waals surface area contributed by atoms with Crippen molar-refractivity contribution >= 4 is 5.91 Å². The number of likely N-dealkylation sites (tertiary alicyclic amines) is 1. The van der Waals surface area contributed by atoms with E-state index in [0.717, 1.165) is 17.7 Å². The summed E-state index contributed by atoms with van der Waals surface area (Å²) in [6, 6.07) is 10.6. The van der Waals surface area contributed by atoms with Gasteiger partial charge in [0, 0.05) is 25.0 Å². The molecule has 1 saturated heterocycles. The molecule has 1 aliphatic heterocycles. The van der Waals surface area contributed by atoms with Gasteiger partial charge < -0.3 is 10.0 Å². The van der Waals surface area contributed by atoms with Crippen LogP contribution in [-0.4, -0.2) is 29.1 Å². The molecule has 30 heavy (non-hydrogen) atoms. The van der Waals surface area contributed by atoms with Gasteiger partial charge in [0.05, 0.1) is 11.6 Å². The summed E-state index contributed by atoms with van der Waals surface area (Å²) in [5.74, 6) is -0.522. The second-order valence-electron chi connectivity index (χ2n) is 7.93. The van der Waals surface area contributed by atoms with Crippen LogP contribution in [0.5, 0.6) is 0 Å². The zero-order chi connectivity index (χ0) is 21.9. The number of hydrogen-bond donors (Lipinski definition) is 1. The Morgan fingerprint density at radius 1 is 1.17 bits per heavy atom. The van der Waals surface area contributed by atoms with Crippen LogP contribution in [0, 0.1) is 5.82 Å². The third-order valence-electron chi connectivity index (χ3n) is 6.08. The van der Waals surface area contributed by atoms with Gasteiger partial charge in [-0.15, -0.1) is 0 Å². The summed E-state index contributed by atoms with van der Waals surface area (Å²) in [7, 11) is 0. The lowest BCUT2D eigenvalue weighted by atomic mass is 9.69. The highest BCUT2D eigenvalue weighted by Gasteiger charge is 2.41. The first kappa shape index (κ1) is 22.3. The molecule has 0 spiro atoms. The fraction of sp³-hybridized carbons (Fsp3) is 0.435. The molecule has 0 saturated carbocycles. The molecule has 0 aliphatic carbocycles. The van der Waals surface area contributed by atoms with Gasteiger partial charge >= 0.3 is 6.18 Å². The van der Waals surface area contributed by atoms with E-state index in [1.54, 1.807) is 30.0 Å². The standard InChI is InChI=1S/C23H25F4NO2/c1-16(17-4-2-5-19(14-17)23(25,26)27)28-12-11-22(10-3-13-29,15-21(28)30)18-6-8-20(24)9-7-18/h2,4-9,14,16,29H,3,10-13,15H2,1H3/t16-,22?/m0/s1. The van der Waals surface area contributed by atoms with E-state index in [-0.39, 0.29) is 24.8 Å². The molecule has 1 amide bonds. The summed E-state index contributed by atoms with van der Waals surface area (Å²) in [5.41, 5.74) is 0.0252. The van der Waals surface area contributed by atoms with E-state index < -0.39 is 23.2 Å². The van der Waals surface area contributed by atoms with Gasteiger partial charge in [0.1, 0.15) is 5.82 Å². The molecule has 0 bridgehead atoms. The lowest BCUT2D eigenvalue weighted by Gasteiger charge is -2.44. The lowest BCUT2D eigenvalue weighted by Crippen LogP contribution is -2.47. The van der Waals surface area contributed by atoms with E-state index in [4.69, 9.17) is 0 Å². The van der Waals surface area contributed by atoms with Crippen LogP contribution in [0.15, 0.2) is 48.5 Å². The molecule has 1 aliphatic rings. The number of amides is 1. The number of aliphatic hydroxyl groups excluding tert-OH is 1. The van der Waals surface area contributed by atoms with Gasteiger partial charge in [-0.25, -0.2) is 4.39 Å². The van der Waals surface area contributed by atoms with Crippen LogP contribution in [0.3, 0.4) is 0 Å². The first-order chi connectivity index (χ1) is 14.2. The minimum Gasteiger partial charge on any atom is -0.396 e. The van der Waals surface area contributed by atoms with E-state index in [1.165, 1.54) is 18.2 Å². The molecule has 3 nitrogen and oxygen atoms in total. The molecule has 2 atom stereocenters. The highest BCUT2D eigenvalue weighted by Crippen LogP contribution is 2.42. The molecule has 2 aromatic rings. The van der Waals surface area contributed by atoms with Crippen molar-refractivity contribution in [3.63, 3.8) is 0 Å². The summed E-state index contributed by atoms with van der Waals surface area (Å²) in [6.45, 7) is 2.09. The molecule has 0 aromatic heterocycles. The number of nitrogens with zero attached hydrogens (tertiary/aromatic N) is 1. The predicted molar refractivity (Wildman–Crippen MR) is 105 cm³/mol. The summed E-state index contributed by atoms with van der Waals surface area (Å²) in [6.07, 6.45) is -2.60.